The Bertz CT molecular complexity index is 1100. The van der Waals surface area contributed by atoms with Crippen molar-refractivity contribution in [3.8, 4) is 0 Å². The van der Waals surface area contributed by atoms with Crippen molar-refractivity contribution < 1.29 is 9.59 Å². The van der Waals surface area contributed by atoms with Crippen LogP contribution in [0, 0.1) is 10.8 Å². The van der Waals surface area contributed by atoms with Crippen LogP contribution in [0.4, 0.5) is 0 Å². The average molecular weight is 476 g/mol. The molecule has 0 bridgehead atoms. The number of hydrogen-bond donors (Lipinski definition) is 3. The topological polar surface area (TPSA) is 121 Å². The average Bonchev–Trinajstić information content (AvgIpc) is 2.88. The summed E-state index contributed by atoms with van der Waals surface area (Å²) in [5.74, 6) is 0.0686. The number of piperazine rings is 2. The summed E-state index contributed by atoms with van der Waals surface area (Å²) in [7, 11) is 0. The van der Waals surface area contributed by atoms with Gasteiger partial charge < -0.3 is 25.8 Å². The first-order valence-corrected chi connectivity index (χ1v) is 12.0. The molecule has 0 aromatic heterocycles. The molecule has 4 rings (SSSR count). The van der Waals surface area contributed by atoms with Crippen LogP contribution in [-0.2, 0) is 6.54 Å². The summed E-state index contributed by atoms with van der Waals surface area (Å²) in [6.45, 7) is 7.61. The van der Waals surface area contributed by atoms with E-state index in [4.69, 9.17) is 16.6 Å². The van der Waals surface area contributed by atoms with E-state index in [9.17, 15) is 9.59 Å². The van der Waals surface area contributed by atoms with Gasteiger partial charge in [-0.05, 0) is 42.3 Å². The maximum absolute atomic E-state index is 13.2. The van der Waals surface area contributed by atoms with Gasteiger partial charge in [-0.1, -0.05) is 24.3 Å². The van der Waals surface area contributed by atoms with E-state index in [0.29, 0.717) is 43.0 Å². The highest BCUT2D eigenvalue weighted by Crippen LogP contribution is 2.16. The summed E-state index contributed by atoms with van der Waals surface area (Å²) < 4.78 is 0. The second kappa shape index (κ2) is 10.7. The Hall–Kier alpha value is -3.72. The minimum atomic E-state index is -0.0434. The fraction of sp³-hybridized carbons (Fsp3) is 0.385. The van der Waals surface area contributed by atoms with Gasteiger partial charge >= 0.3 is 0 Å². The normalized spacial score (nSPS) is 16.8. The molecule has 2 amide bonds. The number of guanidine groups is 1. The predicted octanol–water partition coefficient (Wildman–Crippen LogP) is 1.68. The van der Waals surface area contributed by atoms with Gasteiger partial charge in [0.15, 0.2) is 5.96 Å². The van der Waals surface area contributed by atoms with Crippen LogP contribution >= 0.6 is 0 Å². The fourth-order valence-corrected chi connectivity index (χ4v) is 4.55. The Kier molecular flexibility index (Phi) is 7.45. The molecule has 0 radical (unpaired) electrons. The number of carbonyl (C=O) groups excluding carboxylic acids is 2. The van der Waals surface area contributed by atoms with Crippen molar-refractivity contribution in [2.75, 3.05) is 52.4 Å². The van der Waals surface area contributed by atoms with E-state index >= 15 is 0 Å². The molecule has 184 valence electrons. The number of amides is 2. The van der Waals surface area contributed by atoms with E-state index in [1.165, 1.54) is 0 Å². The van der Waals surface area contributed by atoms with E-state index in [-0.39, 0.29) is 17.8 Å². The molecule has 2 aromatic carbocycles. The van der Waals surface area contributed by atoms with E-state index < -0.39 is 0 Å². The Labute approximate surface area is 206 Å². The molecule has 2 aliphatic rings. The number of hydrogen-bond acceptors (Lipinski definition) is 5. The molecule has 9 nitrogen and oxygen atoms in total. The summed E-state index contributed by atoms with van der Waals surface area (Å²) in [5.41, 5.74) is 9.21. The molecule has 2 heterocycles. The Morgan fingerprint density at radius 1 is 0.743 bits per heavy atom. The number of nitrogens with one attached hydrogen (secondary N) is 2. The third-order valence-corrected chi connectivity index (χ3v) is 6.71. The molecule has 0 atom stereocenters. The summed E-state index contributed by atoms with van der Waals surface area (Å²) in [6.07, 6.45) is 0. The van der Waals surface area contributed by atoms with E-state index in [0.717, 1.165) is 43.9 Å². The highest BCUT2D eigenvalue weighted by Gasteiger charge is 2.26. The largest absolute Gasteiger partial charge is 0.370 e. The number of nitrogens with two attached hydrogens (primary N) is 1. The van der Waals surface area contributed by atoms with Crippen LogP contribution in [0.15, 0.2) is 48.5 Å². The molecule has 0 unspecified atom stereocenters. The SMILES string of the molecule is CC(=N)c1ccc(C(=O)N2CCN(C(=O)c3cccc(CN4CCN(C(=N)N)CC4)c3)CC2)cc1. The molecule has 2 aliphatic heterocycles. The van der Waals surface area contributed by atoms with Crippen molar-refractivity contribution in [1.82, 2.24) is 19.6 Å². The van der Waals surface area contributed by atoms with Gasteiger partial charge in [-0.2, -0.15) is 0 Å². The quantitative estimate of drug-likeness (QED) is 0.449. The molecule has 0 aliphatic carbocycles. The van der Waals surface area contributed by atoms with Crippen molar-refractivity contribution in [1.29, 1.82) is 10.8 Å². The molecular weight excluding hydrogens is 442 g/mol. The molecule has 9 heteroatoms. The van der Waals surface area contributed by atoms with Crippen molar-refractivity contribution in [2.45, 2.75) is 13.5 Å². The molecule has 35 heavy (non-hydrogen) atoms. The van der Waals surface area contributed by atoms with E-state index in [1.54, 1.807) is 36.1 Å². The predicted molar refractivity (Wildman–Crippen MR) is 136 cm³/mol. The summed E-state index contributed by atoms with van der Waals surface area (Å²) >= 11 is 0. The summed E-state index contributed by atoms with van der Waals surface area (Å²) in [6, 6.07) is 14.9. The minimum absolute atomic E-state index is 0.00819. The zero-order valence-corrected chi connectivity index (χ0v) is 20.2. The summed E-state index contributed by atoms with van der Waals surface area (Å²) in [4.78, 5) is 33.8. The van der Waals surface area contributed by atoms with Gasteiger partial charge in [0.25, 0.3) is 11.8 Å². The first-order valence-electron chi connectivity index (χ1n) is 12.0. The van der Waals surface area contributed by atoms with Crippen LogP contribution in [0.2, 0.25) is 0 Å². The van der Waals surface area contributed by atoms with Crippen molar-refractivity contribution in [3.63, 3.8) is 0 Å². The van der Waals surface area contributed by atoms with Crippen LogP contribution in [0.1, 0.15) is 38.8 Å². The van der Waals surface area contributed by atoms with Crippen molar-refractivity contribution in [3.05, 3.63) is 70.8 Å². The van der Waals surface area contributed by atoms with E-state index in [1.807, 2.05) is 34.1 Å². The van der Waals surface area contributed by atoms with Gasteiger partial charge in [0.05, 0.1) is 0 Å². The monoisotopic (exact) mass is 475 g/mol. The van der Waals surface area contributed by atoms with Gasteiger partial charge in [0, 0.05) is 75.7 Å². The number of nitrogens with zero attached hydrogens (tertiary/aromatic N) is 4. The van der Waals surface area contributed by atoms with E-state index in [2.05, 4.69) is 4.90 Å². The fourth-order valence-electron chi connectivity index (χ4n) is 4.55. The van der Waals surface area contributed by atoms with Crippen molar-refractivity contribution >= 4 is 23.5 Å². The zero-order chi connectivity index (χ0) is 24.9. The lowest BCUT2D eigenvalue weighted by Crippen LogP contribution is -2.50. The standard InChI is InChI=1S/C26H33N7O2/c1-19(27)21-5-7-22(8-6-21)24(34)31-13-15-32(16-14-31)25(35)23-4-2-3-20(17-23)18-30-9-11-33(12-10-30)26(28)29/h2-8,17,27H,9-16,18H2,1H3,(H3,28,29). The number of rotatable bonds is 5. The van der Waals surface area contributed by atoms with Crippen LogP contribution < -0.4 is 5.73 Å². The second-order valence-corrected chi connectivity index (χ2v) is 9.14. The molecule has 2 aromatic rings. The Morgan fingerprint density at radius 3 is 1.80 bits per heavy atom. The zero-order valence-electron chi connectivity index (χ0n) is 20.2. The highest BCUT2D eigenvalue weighted by atomic mass is 16.2. The smallest absolute Gasteiger partial charge is 0.253 e. The molecule has 0 spiro atoms. The van der Waals surface area contributed by atoms with Gasteiger partial charge in [0.2, 0.25) is 0 Å². The van der Waals surface area contributed by atoms with Gasteiger partial charge in [0.1, 0.15) is 0 Å². The van der Waals surface area contributed by atoms with Crippen LogP contribution in [0.3, 0.4) is 0 Å². The Balaban J connectivity index is 1.31. The molecule has 4 N–H and O–H groups in total. The van der Waals surface area contributed by atoms with Gasteiger partial charge in [-0.3, -0.25) is 19.9 Å². The lowest BCUT2D eigenvalue weighted by Gasteiger charge is -2.35. The first-order chi connectivity index (χ1) is 16.8. The van der Waals surface area contributed by atoms with Crippen LogP contribution in [-0.4, -0.2) is 95.4 Å². The Morgan fingerprint density at radius 2 is 1.26 bits per heavy atom. The lowest BCUT2D eigenvalue weighted by atomic mass is 10.1. The minimum Gasteiger partial charge on any atom is -0.370 e. The van der Waals surface area contributed by atoms with Crippen LogP contribution in [0.5, 0.6) is 0 Å². The molecule has 2 saturated heterocycles. The maximum Gasteiger partial charge on any atom is 0.253 e. The number of carbonyl (C=O) groups is 2. The van der Waals surface area contributed by atoms with Gasteiger partial charge in [-0.15, -0.1) is 0 Å². The lowest BCUT2D eigenvalue weighted by molar-refractivity contribution is 0.0535. The van der Waals surface area contributed by atoms with Crippen molar-refractivity contribution in [2.24, 2.45) is 5.73 Å². The third-order valence-electron chi connectivity index (χ3n) is 6.71. The highest BCUT2D eigenvalue weighted by molar-refractivity contribution is 5.99. The molecule has 0 saturated carbocycles. The van der Waals surface area contributed by atoms with Gasteiger partial charge in [-0.25, -0.2) is 0 Å². The molecular formula is C26H33N7O2. The van der Waals surface area contributed by atoms with Crippen LogP contribution in [0.25, 0.3) is 0 Å². The third kappa shape index (κ3) is 5.86. The first kappa shape index (κ1) is 24.4. The second-order valence-electron chi connectivity index (χ2n) is 9.14. The maximum atomic E-state index is 13.2. The summed E-state index contributed by atoms with van der Waals surface area (Å²) in [5, 5.41) is 15.3. The molecule has 2 fully saturated rings. The number of benzene rings is 2.